The largest absolute Gasteiger partial charge is 0.496 e. The Hall–Kier alpha value is -2.23. The number of methoxy groups -OCH3 is 1. The summed E-state index contributed by atoms with van der Waals surface area (Å²) in [7, 11) is -2.31. The highest BCUT2D eigenvalue weighted by molar-refractivity contribution is 9.10. The molecule has 2 aromatic carbocycles. The van der Waals surface area contributed by atoms with E-state index in [0.717, 1.165) is 5.56 Å². The number of benzene rings is 2. The van der Waals surface area contributed by atoms with E-state index in [4.69, 9.17) is 4.74 Å². The second-order valence-electron chi connectivity index (χ2n) is 5.54. The van der Waals surface area contributed by atoms with Gasteiger partial charge in [0, 0.05) is 0 Å². The molecule has 1 heterocycles. The number of hydrogen-bond acceptors (Lipinski definition) is 5. The van der Waals surface area contributed by atoms with Crippen LogP contribution < -0.4 is 9.46 Å². The lowest BCUT2D eigenvalue weighted by atomic mass is 10.1. The standard InChI is InChI=1S/C17H17BrN4O3S/c1-11-19-17(21-20-11)16(12-6-4-3-5-7-12)22-26(23,24)13-8-9-15(25-2)14(18)10-13/h3-10,16,22H,1-2H3,(H,19,20,21). The number of hydrogen-bond donors (Lipinski definition) is 2. The summed E-state index contributed by atoms with van der Waals surface area (Å²) < 4.78 is 34.2. The molecular weight excluding hydrogens is 420 g/mol. The molecule has 0 radical (unpaired) electrons. The van der Waals surface area contributed by atoms with Crippen LogP contribution in [-0.4, -0.2) is 30.7 Å². The highest BCUT2D eigenvalue weighted by Crippen LogP contribution is 2.29. The van der Waals surface area contributed by atoms with Gasteiger partial charge in [0.2, 0.25) is 10.0 Å². The number of nitrogens with one attached hydrogen (secondary N) is 2. The average molecular weight is 437 g/mol. The molecule has 3 rings (SSSR count). The molecule has 0 aliphatic heterocycles. The average Bonchev–Trinajstić information content (AvgIpc) is 3.06. The van der Waals surface area contributed by atoms with Crippen molar-refractivity contribution in [2.75, 3.05) is 7.11 Å². The fourth-order valence-electron chi connectivity index (χ4n) is 2.44. The van der Waals surface area contributed by atoms with Crippen LogP contribution in [0.4, 0.5) is 0 Å². The summed E-state index contributed by atoms with van der Waals surface area (Å²) in [5.41, 5.74) is 0.739. The minimum Gasteiger partial charge on any atom is -0.496 e. The highest BCUT2D eigenvalue weighted by atomic mass is 79.9. The third-order valence-electron chi connectivity index (χ3n) is 3.71. The van der Waals surface area contributed by atoms with Crippen LogP contribution >= 0.6 is 15.9 Å². The predicted octanol–water partition coefficient (Wildman–Crippen LogP) is 2.95. The lowest BCUT2D eigenvalue weighted by Gasteiger charge is -2.17. The molecule has 0 aliphatic rings. The van der Waals surface area contributed by atoms with E-state index in [9.17, 15) is 8.42 Å². The third kappa shape index (κ3) is 3.95. The Balaban J connectivity index is 1.99. The quantitative estimate of drug-likeness (QED) is 0.618. The molecule has 9 heteroatoms. The summed E-state index contributed by atoms with van der Waals surface area (Å²) in [5.74, 6) is 1.50. The van der Waals surface area contributed by atoms with E-state index in [1.165, 1.54) is 19.2 Å². The number of halogens is 1. The fraction of sp³-hybridized carbons (Fsp3) is 0.176. The maximum Gasteiger partial charge on any atom is 0.241 e. The van der Waals surface area contributed by atoms with Gasteiger partial charge in [-0.15, -0.1) is 0 Å². The van der Waals surface area contributed by atoms with Gasteiger partial charge in [-0.2, -0.15) is 9.82 Å². The first-order valence-electron chi connectivity index (χ1n) is 7.70. The van der Waals surface area contributed by atoms with Gasteiger partial charge < -0.3 is 4.74 Å². The van der Waals surface area contributed by atoms with Gasteiger partial charge >= 0.3 is 0 Å². The van der Waals surface area contributed by atoms with E-state index in [0.29, 0.717) is 21.9 Å². The second kappa shape index (κ2) is 7.56. The van der Waals surface area contributed by atoms with Crippen LogP contribution in [0.3, 0.4) is 0 Å². The van der Waals surface area contributed by atoms with Gasteiger partial charge in [0.05, 0.1) is 16.5 Å². The number of aromatic amines is 1. The summed E-state index contributed by atoms with van der Waals surface area (Å²) in [6, 6.07) is 13.0. The molecular formula is C17H17BrN4O3S. The molecule has 0 saturated heterocycles. The maximum absolute atomic E-state index is 12.9. The van der Waals surface area contributed by atoms with E-state index < -0.39 is 16.1 Å². The molecule has 1 atom stereocenters. The summed E-state index contributed by atoms with van der Waals surface area (Å²) in [6.45, 7) is 1.76. The van der Waals surface area contributed by atoms with E-state index >= 15 is 0 Å². The Bertz CT molecular complexity index is 1010. The molecule has 0 amide bonds. The van der Waals surface area contributed by atoms with Crippen molar-refractivity contribution >= 4 is 26.0 Å². The molecule has 136 valence electrons. The maximum atomic E-state index is 12.9. The van der Waals surface area contributed by atoms with Gasteiger partial charge in [-0.3, -0.25) is 5.10 Å². The summed E-state index contributed by atoms with van der Waals surface area (Å²) >= 11 is 3.31. The van der Waals surface area contributed by atoms with Crippen molar-refractivity contribution in [2.45, 2.75) is 17.9 Å². The first-order chi connectivity index (χ1) is 12.4. The van der Waals surface area contributed by atoms with Crippen LogP contribution in [0.1, 0.15) is 23.3 Å². The van der Waals surface area contributed by atoms with Gasteiger partial charge in [0.25, 0.3) is 0 Å². The number of aryl methyl sites for hydroxylation is 1. The molecule has 0 spiro atoms. The van der Waals surface area contributed by atoms with Crippen molar-refractivity contribution < 1.29 is 13.2 Å². The van der Waals surface area contributed by atoms with E-state index in [2.05, 4.69) is 35.8 Å². The van der Waals surface area contributed by atoms with Crippen LogP contribution in [0.5, 0.6) is 5.75 Å². The third-order valence-corrected chi connectivity index (χ3v) is 5.75. The van der Waals surface area contributed by atoms with Gasteiger partial charge in [-0.05, 0) is 46.6 Å². The Labute approximate surface area is 160 Å². The summed E-state index contributed by atoms with van der Waals surface area (Å²) in [4.78, 5) is 4.40. The Morgan fingerprint density at radius 3 is 2.50 bits per heavy atom. The van der Waals surface area contributed by atoms with Crippen LogP contribution in [-0.2, 0) is 10.0 Å². The minimum absolute atomic E-state index is 0.110. The molecule has 0 aliphatic carbocycles. The molecule has 1 unspecified atom stereocenters. The topological polar surface area (TPSA) is 97.0 Å². The van der Waals surface area contributed by atoms with Crippen molar-refractivity contribution in [3.05, 3.63) is 70.2 Å². The summed E-state index contributed by atoms with van der Waals surface area (Å²) in [6.07, 6.45) is 0. The zero-order valence-corrected chi connectivity index (χ0v) is 16.5. The Morgan fingerprint density at radius 1 is 1.19 bits per heavy atom. The van der Waals surface area contributed by atoms with Crippen LogP contribution in [0, 0.1) is 6.92 Å². The molecule has 26 heavy (non-hydrogen) atoms. The number of sulfonamides is 1. The van der Waals surface area contributed by atoms with Gasteiger partial charge in [0.15, 0.2) is 5.82 Å². The van der Waals surface area contributed by atoms with Gasteiger partial charge in [-0.25, -0.2) is 13.4 Å². The van der Waals surface area contributed by atoms with E-state index in [1.54, 1.807) is 13.0 Å². The van der Waals surface area contributed by atoms with Crippen molar-refractivity contribution in [1.82, 2.24) is 19.9 Å². The monoisotopic (exact) mass is 436 g/mol. The zero-order chi connectivity index (χ0) is 18.7. The van der Waals surface area contributed by atoms with Crippen molar-refractivity contribution in [3.8, 4) is 5.75 Å². The number of aromatic nitrogens is 3. The highest BCUT2D eigenvalue weighted by Gasteiger charge is 2.26. The van der Waals surface area contributed by atoms with Gasteiger partial charge in [-0.1, -0.05) is 30.3 Å². The van der Waals surface area contributed by atoms with Crippen LogP contribution in [0.2, 0.25) is 0 Å². The van der Waals surface area contributed by atoms with E-state index in [-0.39, 0.29) is 4.90 Å². The SMILES string of the molecule is COc1ccc(S(=O)(=O)NC(c2ccccc2)c2n[nH]c(C)n2)cc1Br. The molecule has 0 fully saturated rings. The van der Waals surface area contributed by atoms with Crippen LogP contribution in [0.25, 0.3) is 0 Å². The number of nitrogens with zero attached hydrogens (tertiary/aromatic N) is 2. The molecule has 0 bridgehead atoms. The van der Waals surface area contributed by atoms with Gasteiger partial charge in [0.1, 0.15) is 17.6 Å². The fourth-order valence-corrected chi connectivity index (χ4v) is 4.34. The molecule has 1 aromatic heterocycles. The molecule has 0 saturated carbocycles. The first kappa shape index (κ1) is 18.6. The van der Waals surface area contributed by atoms with Crippen molar-refractivity contribution in [2.24, 2.45) is 0 Å². The molecule has 2 N–H and O–H groups in total. The Morgan fingerprint density at radius 2 is 1.92 bits per heavy atom. The minimum atomic E-state index is -3.82. The summed E-state index contributed by atoms with van der Waals surface area (Å²) in [5, 5.41) is 6.87. The Kier molecular flexibility index (Phi) is 5.40. The second-order valence-corrected chi connectivity index (χ2v) is 8.11. The lowest BCUT2D eigenvalue weighted by Crippen LogP contribution is -2.30. The zero-order valence-electron chi connectivity index (χ0n) is 14.1. The molecule has 7 nitrogen and oxygen atoms in total. The number of H-pyrrole nitrogens is 1. The first-order valence-corrected chi connectivity index (χ1v) is 9.98. The predicted molar refractivity (Wildman–Crippen MR) is 100 cm³/mol. The number of ether oxygens (including phenoxy) is 1. The number of rotatable bonds is 6. The normalized spacial score (nSPS) is 12.7. The lowest BCUT2D eigenvalue weighted by molar-refractivity contribution is 0.411. The smallest absolute Gasteiger partial charge is 0.241 e. The van der Waals surface area contributed by atoms with Crippen molar-refractivity contribution in [3.63, 3.8) is 0 Å². The van der Waals surface area contributed by atoms with Crippen molar-refractivity contribution in [1.29, 1.82) is 0 Å². The van der Waals surface area contributed by atoms with E-state index in [1.807, 2.05) is 30.3 Å². The molecule has 3 aromatic rings. The van der Waals surface area contributed by atoms with Crippen LogP contribution in [0.15, 0.2) is 57.9 Å².